The lowest BCUT2D eigenvalue weighted by atomic mass is 10.2. The summed E-state index contributed by atoms with van der Waals surface area (Å²) in [6.45, 7) is 1.89. The van der Waals surface area contributed by atoms with Crippen molar-refractivity contribution < 1.29 is 0 Å². The zero-order chi connectivity index (χ0) is 14.3. The minimum Gasteiger partial charge on any atom is -0.302 e. The fourth-order valence-electron chi connectivity index (χ4n) is 2.13. The summed E-state index contributed by atoms with van der Waals surface area (Å²) < 4.78 is 1.89. The zero-order valence-corrected chi connectivity index (χ0v) is 12.1. The third kappa shape index (κ3) is 2.03. The highest BCUT2D eigenvalue weighted by Gasteiger charge is 2.11. The molecule has 0 aliphatic heterocycles. The number of hydrogen-bond donors (Lipinski definition) is 0. The van der Waals surface area contributed by atoms with E-state index in [2.05, 4.69) is 11.1 Å². The molecule has 3 nitrogen and oxygen atoms in total. The number of nitriles is 1. The summed E-state index contributed by atoms with van der Waals surface area (Å²) in [5.41, 5.74) is 3.84. The second kappa shape index (κ2) is 4.82. The normalized spacial score (nSPS) is 10.7. The van der Waals surface area contributed by atoms with E-state index in [9.17, 15) is 0 Å². The van der Waals surface area contributed by atoms with Crippen LogP contribution < -0.4 is 0 Å². The van der Waals surface area contributed by atoms with Crippen LogP contribution in [0.25, 0.3) is 16.9 Å². The Bertz CT molecular complexity index is 859. The van der Waals surface area contributed by atoms with E-state index in [-0.39, 0.29) is 0 Å². The number of pyridine rings is 1. The molecular weight excluding hydrogens is 293 g/mol. The molecule has 1 aromatic carbocycles. The molecule has 2 aromatic heterocycles. The van der Waals surface area contributed by atoms with Crippen LogP contribution in [-0.2, 0) is 0 Å². The van der Waals surface area contributed by atoms with Crippen molar-refractivity contribution in [2.45, 2.75) is 6.92 Å². The number of nitrogens with zero attached hydrogens (tertiary/aromatic N) is 3. The van der Waals surface area contributed by atoms with E-state index in [4.69, 9.17) is 28.5 Å². The van der Waals surface area contributed by atoms with Crippen molar-refractivity contribution >= 4 is 28.8 Å². The average molecular weight is 302 g/mol. The van der Waals surface area contributed by atoms with E-state index in [0.717, 1.165) is 22.6 Å². The van der Waals surface area contributed by atoms with Crippen LogP contribution in [0.3, 0.4) is 0 Å². The molecule has 0 N–H and O–H groups in total. The molecule has 3 rings (SSSR count). The van der Waals surface area contributed by atoms with Gasteiger partial charge in [0.25, 0.3) is 0 Å². The van der Waals surface area contributed by atoms with Crippen LogP contribution in [0.2, 0.25) is 10.0 Å². The van der Waals surface area contributed by atoms with Gasteiger partial charge in [0.1, 0.15) is 11.7 Å². The summed E-state index contributed by atoms with van der Waals surface area (Å²) >= 11 is 12.1. The minimum atomic E-state index is 0.555. The lowest BCUT2D eigenvalue weighted by Gasteiger charge is -2.01. The highest BCUT2D eigenvalue weighted by Crippen LogP contribution is 2.30. The summed E-state index contributed by atoms with van der Waals surface area (Å²) in [5.74, 6) is 0. The molecule has 5 heteroatoms. The van der Waals surface area contributed by atoms with Crippen molar-refractivity contribution in [2.24, 2.45) is 0 Å². The van der Waals surface area contributed by atoms with E-state index >= 15 is 0 Å². The predicted molar refractivity (Wildman–Crippen MR) is 80.1 cm³/mol. The Balaban J connectivity index is 2.23. The topological polar surface area (TPSA) is 41.1 Å². The van der Waals surface area contributed by atoms with Gasteiger partial charge in [0.05, 0.1) is 16.3 Å². The van der Waals surface area contributed by atoms with Crippen LogP contribution in [-0.4, -0.2) is 9.38 Å². The summed E-state index contributed by atoms with van der Waals surface area (Å²) in [5, 5.41) is 10.2. The number of halogens is 2. The Morgan fingerprint density at radius 2 is 2.00 bits per heavy atom. The van der Waals surface area contributed by atoms with E-state index in [0.29, 0.717) is 15.6 Å². The molecule has 0 radical (unpaired) electrons. The van der Waals surface area contributed by atoms with Crippen LogP contribution in [0, 0.1) is 18.3 Å². The Kier molecular flexibility index (Phi) is 3.13. The predicted octanol–water partition coefficient (Wildman–Crippen LogP) is 4.49. The van der Waals surface area contributed by atoms with Gasteiger partial charge in [-0.3, -0.25) is 0 Å². The number of rotatable bonds is 1. The van der Waals surface area contributed by atoms with Crippen molar-refractivity contribution in [3.8, 4) is 17.3 Å². The lowest BCUT2D eigenvalue weighted by Crippen LogP contribution is -1.93. The first-order valence-corrected chi connectivity index (χ1v) is 6.70. The molecule has 2 heterocycles. The Labute approximate surface area is 126 Å². The quantitative estimate of drug-likeness (QED) is 0.664. The summed E-state index contributed by atoms with van der Waals surface area (Å²) in [4.78, 5) is 4.54. The van der Waals surface area contributed by atoms with Crippen LogP contribution >= 0.6 is 23.2 Å². The fourth-order valence-corrected chi connectivity index (χ4v) is 2.64. The van der Waals surface area contributed by atoms with Crippen LogP contribution in [0.4, 0.5) is 0 Å². The number of fused-ring (bicyclic) bond motifs is 1. The van der Waals surface area contributed by atoms with Gasteiger partial charge < -0.3 is 4.40 Å². The molecule has 0 spiro atoms. The molecule has 3 aromatic rings. The van der Waals surface area contributed by atoms with E-state index in [1.165, 1.54) is 0 Å². The van der Waals surface area contributed by atoms with Gasteiger partial charge in [-0.25, -0.2) is 4.98 Å². The number of aromatic nitrogens is 2. The Hall–Kier alpha value is -2.02. The van der Waals surface area contributed by atoms with Crippen LogP contribution in [0.5, 0.6) is 0 Å². The van der Waals surface area contributed by atoms with Gasteiger partial charge in [-0.2, -0.15) is 5.26 Å². The zero-order valence-electron chi connectivity index (χ0n) is 10.6. The maximum Gasteiger partial charge on any atom is 0.137 e. The molecule has 98 valence electrons. The molecule has 0 aliphatic carbocycles. The number of aryl methyl sites for hydroxylation is 1. The monoisotopic (exact) mass is 301 g/mol. The van der Waals surface area contributed by atoms with Crippen molar-refractivity contribution in [2.75, 3.05) is 0 Å². The van der Waals surface area contributed by atoms with Gasteiger partial charge >= 0.3 is 0 Å². The van der Waals surface area contributed by atoms with Gasteiger partial charge in [-0.15, -0.1) is 0 Å². The summed E-state index contributed by atoms with van der Waals surface area (Å²) in [6.07, 6.45) is 1.88. The largest absolute Gasteiger partial charge is 0.302 e. The number of imidazole rings is 1. The van der Waals surface area contributed by atoms with Gasteiger partial charge in [-0.1, -0.05) is 23.2 Å². The van der Waals surface area contributed by atoms with E-state index in [1.54, 1.807) is 18.2 Å². The molecule has 0 saturated heterocycles. The molecule has 0 atom stereocenters. The Morgan fingerprint density at radius 3 is 2.70 bits per heavy atom. The van der Waals surface area contributed by atoms with Gasteiger partial charge in [0.15, 0.2) is 0 Å². The van der Waals surface area contributed by atoms with Gasteiger partial charge in [-0.05, 0) is 37.3 Å². The lowest BCUT2D eigenvalue weighted by molar-refractivity contribution is 1.08. The Morgan fingerprint density at radius 1 is 1.20 bits per heavy atom. The maximum atomic E-state index is 9.06. The first-order valence-electron chi connectivity index (χ1n) is 5.94. The maximum absolute atomic E-state index is 9.06. The number of benzene rings is 1. The molecule has 0 aliphatic rings. The molecule has 0 unspecified atom stereocenters. The summed E-state index contributed by atoms with van der Waals surface area (Å²) in [7, 11) is 0. The van der Waals surface area contributed by atoms with E-state index < -0.39 is 0 Å². The van der Waals surface area contributed by atoms with Gasteiger partial charge in [0, 0.05) is 22.5 Å². The third-order valence-corrected chi connectivity index (χ3v) is 3.76. The van der Waals surface area contributed by atoms with Crippen molar-refractivity contribution in [3.05, 3.63) is 57.8 Å². The van der Waals surface area contributed by atoms with E-state index in [1.807, 2.05) is 29.7 Å². The molecule has 20 heavy (non-hydrogen) atoms. The second-order valence-corrected chi connectivity index (χ2v) is 5.27. The van der Waals surface area contributed by atoms with Crippen molar-refractivity contribution in [1.29, 1.82) is 5.26 Å². The molecule has 0 bridgehead atoms. The summed E-state index contributed by atoms with van der Waals surface area (Å²) in [6, 6.07) is 11.1. The average Bonchev–Trinajstić information content (AvgIpc) is 2.84. The van der Waals surface area contributed by atoms with Crippen LogP contribution in [0.15, 0.2) is 36.5 Å². The van der Waals surface area contributed by atoms with Crippen molar-refractivity contribution in [1.82, 2.24) is 9.38 Å². The van der Waals surface area contributed by atoms with Crippen molar-refractivity contribution in [3.63, 3.8) is 0 Å². The second-order valence-electron chi connectivity index (χ2n) is 4.42. The minimum absolute atomic E-state index is 0.555. The molecule has 0 amide bonds. The SMILES string of the molecule is Cc1c(C#N)ccc2nc(-c3ccc(Cl)cc3Cl)cn12. The highest BCUT2D eigenvalue weighted by atomic mass is 35.5. The van der Waals surface area contributed by atoms with Crippen LogP contribution in [0.1, 0.15) is 11.3 Å². The smallest absolute Gasteiger partial charge is 0.137 e. The first-order chi connectivity index (χ1) is 9.60. The fraction of sp³-hybridized carbons (Fsp3) is 0.0667. The first kappa shape index (κ1) is 13.0. The molecule has 0 fully saturated rings. The molecule has 0 saturated carbocycles. The third-order valence-electron chi connectivity index (χ3n) is 3.21. The highest BCUT2D eigenvalue weighted by molar-refractivity contribution is 6.36. The van der Waals surface area contributed by atoms with Gasteiger partial charge in [0.2, 0.25) is 0 Å². The standard InChI is InChI=1S/C15H9Cl2N3/c1-9-10(7-18)2-5-15-19-14(8-20(9)15)12-4-3-11(16)6-13(12)17/h2-6,8H,1H3. The number of hydrogen-bond acceptors (Lipinski definition) is 2. The molecular formula is C15H9Cl2N3.